The first-order chi connectivity index (χ1) is 12.9. The van der Waals surface area contributed by atoms with Crippen LogP contribution < -0.4 is 14.7 Å². The minimum absolute atomic E-state index is 0.0281. The predicted molar refractivity (Wildman–Crippen MR) is 102 cm³/mol. The summed E-state index contributed by atoms with van der Waals surface area (Å²) in [7, 11) is -2.67. The van der Waals surface area contributed by atoms with Gasteiger partial charge in [-0.05, 0) is 48.6 Å². The van der Waals surface area contributed by atoms with E-state index in [0.29, 0.717) is 11.7 Å². The Labute approximate surface area is 159 Å². The Morgan fingerprint density at radius 1 is 1.04 bits per heavy atom. The monoisotopic (exact) mass is 389 g/mol. The maximum atomic E-state index is 12.6. The quantitative estimate of drug-likeness (QED) is 0.762. The molecule has 0 aliphatic heterocycles. The molecule has 6 nitrogen and oxygen atoms in total. The molecule has 3 rings (SSSR count). The van der Waals surface area contributed by atoms with Gasteiger partial charge in [0.25, 0.3) is 5.91 Å². The SMILES string of the molecule is COc1ccc(C(N)=O)c(OS(=O)(=O)c2ccc(C3CCCCC3)cc2)c1. The summed E-state index contributed by atoms with van der Waals surface area (Å²) in [4.78, 5) is 11.6. The molecule has 2 aromatic rings. The number of nitrogens with two attached hydrogens (primary N) is 1. The van der Waals surface area contributed by atoms with Crippen molar-refractivity contribution in [1.29, 1.82) is 0 Å². The molecule has 1 aliphatic rings. The molecular formula is C20H23NO5S. The number of rotatable bonds is 6. The fourth-order valence-corrected chi connectivity index (χ4v) is 4.35. The van der Waals surface area contributed by atoms with E-state index >= 15 is 0 Å². The molecule has 144 valence electrons. The largest absolute Gasteiger partial charge is 0.497 e. The Morgan fingerprint density at radius 3 is 2.30 bits per heavy atom. The zero-order valence-corrected chi connectivity index (χ0v) is 16.0. The van der Waals surface area contributed by atoms with Crippen LogP contribution in [0.4, 0.5) is 0 Å². The average molecular weight is 389 g/mol. The van der Waals surface area contributed by atoms with E-state index in [1.807, 2.05) is 12.1 Å². The summed E-state index contributed by atoms with van der Waals surface area (Å²) in [5.41, 5.74) is 6.43. The number of carbonyl (C=O) groups is 1. The average Bonchev–Trinajstić information content (AvgIpc) is 2.68. The normalized spacial score (nSPS) is 15.3. The van der Waals surface area contributed by atoms with E-state index in [1.54, 1.807) is 12.1 Å². The first-order valence-corrected chi connectivity index (χ1v) is 10.3. The maximum Gasteiger partial charge on any atom is 0.339 e. The third-order valence-corrected chi connectivity index (χ3v) is 6.15. The van der Waals surface area contributed by atoms with Gasteiger partial charge in [0, 0.05) is 6.07 Å². The summed E-state index contributed by atoms with van der Waals surface area (Å²) in [5, 5.41) is 0. The molecule has 0 bridgehead atoms. The molecule has 0 unspecified atom stereocenters. The van der Waals surface area contributed by atoms with Crippen LogP contribution in [-0.2, 0) is 10.1 Å². The van der Waals surface area contributed by atoms with Crippen LogP contribution in [0.5, 0.6) is 11.5 Å². The van der Waals surface area contributed by atoms with Crippen LogP contribution >= 0.6 is 0 Å². The number of primary amides is 1. The lowest BCUT2D eigenvalue weighted by Crippen LogP contribution is -2.16. The first-order valence-electron chi connectivity index (χ1n) is 8.93. The Balaban J connectivity index is 1.85. The van der Waals surface area contributed by atoms with Crippen LogP contribution in [0, 0.1) is 0 Å². The summed E-state index contributed by atoms with van der Waals surface area (Å²) in [5.74, 6) is -0.0946. The van der Waals surface area contributed by atoms with Crippen molar-refractivity contribution in [3.8, 4) is 11.5 Å². The van der Waals surface area contributed by atoms with E-state index in [-0.39, 0.29) is 16.2 Å². The van der Waals surface area contributed by atoms with E-state index < -0.39 is 16.0 Å². The molecule has 0 atom stereocenters. The number of hydrogen-bond acceptors (Lipinski definition) is 5. The van der Waals surface area contributed by atoms with Crippen LogP contribution in [0.25, 0.3) is 0 Å². The zero-order valence-electron chi connectivity index (χ0n) is 15.2. The number of benzene rings is 2. The minimum Gasteiger partial charge on any atom is -0.497 e. The van der Waals surface area contributed by atoms with Gasteiger partial charge in [0.05, 0.1) is 12.7 Å². The smallest absolute Gasteiger partial charge is 0.339 e. The lowest BCUT2D eigenvalue weighted by Gasteiger charge is -2.22. The third kappa shape index (κ3) is 4.42. The Morgan fingerprint density at radius 2 is 1.70 bits per heavy atom. The van der Waals surface area contributed by atoms with Gasteiger partial charge < -0.3 is 14.7 Å². The first kappa shape index (κ1) is 19.2. The molecule has 0 spiro atoms. The summed E-state index contributed by atoms with van der Waals surface area (Å²) in [6, 6.07) is 11.0. The van der Waals surface area contributed by atoms with Gasteiger partial charge >= 0.3 is 10.1 Å². The molecule has 0 radical (unpaired) electrons. The van der Waals surface area contributed by atoms with Gasteiger partial charge in [0.1, 0.15) is 10.6 Å². The fourth-order valence-electron chi connectivity index (χ4n) is 3.41. The molecule has 0 heterocycles. The second kappa shape index (κ2) is 8.00. The highest BCUT2D eigenvalue weighted by atomic mass is 32.2. The van der Waals surface area contributed by atoms with Crippen molar-refractivity contribution in [2.45, 2.75) is 42.9 Å². The maximum absolute atomic E-state index is 12.6. The molecule has 0 aromatic heterocycles. The molecule has 1 saturated carbocycles. The molecule has 1 fully saturated rings. The highest BCUT2D eigenvalue weighted by Crippen LogP contribution is 2.33. The van der Waals surface area contributed by atoms with Crippen molar-refractivity contribution < 1.29 is 22.1 Å². The van der Waals surface area contributed by atoms with Gasteiger partial charge in [0.15, 0.2) is 5.75 Å². The van der Waals surface area contributed by atoms with Crippen LogP contribution in [0.2, 0.25) is 0 Å². The summed E-state index contributed by atoms with van der Waals surface area (Å²) < 4.78 is 35.6. The van der Waals surface area contributed by atoms with E-state index in [0.717, 1.165) is 18.4 Å². The predicted octanol–water partition coefficient (Wildman–Crippen LogP) is 3.61. The van der Waals surface area contributed by atoms with E-state index in [9.17, 15) is 13.2 Å². The molecule has 7 heteroatoms. The van der Waals surface area contributed by atoms with Crippen LogP contribution in [-0.4, -0.2) is 21.4 Å². The van der Waals surface area contributed by atoms with E-state index in [2.05, 4.69) is 0 Å². The van der Waals surface area contributed by atoms with Crippen LogP contribution in [0.3, 0.4) is 0 Å². The number of hydrogen-bond donors (Lipinski definition) is 1. The van der Waals surface area contributed by atoms with Gasteiger partial charge in [-0.25, -0.2) is 0 Å². The molecule has 0 saturated heterocycles. The molecule has 2 N–H and O–H groups in total. The number of carbonyl (C=O) groups excluding carboxylic acids is 1. The third-order valence-electron chi connectivity index (χ3n) is 4.90. The van der Waals surface area contributed by atoms with E-state index in [4.69, 9.17) is 14.7 Å². The number of amides is 1. The van der Waals surface area contributed by atoms with Crippen molar-refractivity contribution in [3.05, 3.63) is 53.6 Å². The van der Waals surface area contributed by atoms with Crippen molar-refractivity contribution in [2.24, 2.45) is 5.73 Å². The molecular weight excluding hydrogens is 366 g/mol. The Bertz CT molecular complexity index is 916. The van der Waals surface area contributed by atoms with Gasteiger partial charge in [-0.1, -0.05) is 31.4 Å². The summed E-state index contributed by atoms with van der Waals surface area (Å²) >= 11 is 0. The highest BCUT2D eigenvalue weighted by Gasteiger charge is 2.22. The minimum atomic E-state index is -4.11. The van der Waals surface area contributed by atoms with Gasteiger partial charge in [-0.2, -0.15) is 8.42 Å². The topological polar surface area (TPSA) is 95.7 Å². The van der Waals surface area contributed by atoms with Crippen LogP contribution in [0.1, 0.15) is 53.9 Å². The lowest BCUT2D eigenvalue weighted by molar-refractivity contribution is 0.0999. The van der Waals surface area contributed by atoms with Crippen molar-refractivity contribution >= 4 is 16.0 Å². The van der Waals surface area contributed by atoms with Gasteiger partial charge in [-0.15, -0.1) is 0 Å². The number of ether oxygens (including phenoxy) is 1. The van der Waals surface area contributed by atoms with Crippen molar-refractivity contribution in [1.82, 2.24) is 0 Å². The summed E-state index contributed by atoms with van der Waals surface area (Å²) in [6.45, 7) is 0. The molecule has 27 heavy (non-hydrogen) atoms. The fraction of sp³-hybridized carbons (Fsp3) is 0.350. The Hall–Kier alpha value is -2.54. The van der Waals surface area contributed by atoms with Crippen molar-refractivity contribution in [3.63, 3.8) is 0 Å². The Kier molecular flexibility index (Phi) is 5.70. The lowest BCUT2D eigenvalue weighted by atomic mass is 9.84. The van der Waals surface area contributed by atoms with E-state index in [1.165, 1.54) is 44.6 Å². The molecule has 1 amide bonds. The van der Waals surface area contributed by atoms with Gasteiger partial charge in [0.2, 0.25) is 0 Å². The van der Waals surface area contributed by atoms with Gasteiger partial charge in [-0.3, -0.25) is 4.79 Å². The second-order valence-corrected chi connectivity index (χ2v) is 8.21. The highest BCUT2D eigenvalue weighted by molar-refractivity contribution is 7.87. The second-order valence-electron chi connectivity index (χ2n) is 6.67. The molecule has 2 aromatic carbocycles. The standard InChI is InChI=1S/C20H23NO5S/c1-25-16-9-12-18(20(21)22)19(13-16)26-27(23,24)17-10-7-15(8-11-17)14-5-3-2-4-6-14/h7-14H,2-6H2,1H3,(H2,21,22). The summed E-state index contributed by atoms with van der Waals surface area (Å²) in [6.07, 6.45) is 5.95. The molecule has 1 aliphatic carbocycles. The van der Waals surface area contributed by atoms with Crippen molar-refractivity contribution in [2.75, 3.05) is 7.11 Å². The number of methoxy groups -OCH3 is 1. The van der Waals surface area contributed by atoms with Crippen LogP contribution in [0.15, 0.2) is 47.4 Å². The zero-order chi connectivity index (χ0) is 19.4.